The van der Waals surface area contributed by atoms with E-state index >= 15 is 0 Å². The summed E-state index contributed by atoms with van der Waals surface area (Å²) in [4.78, 5) is 0. The van der Waals surface area contributed by atoms with Gasteiger partial charge >= 0.3 is 22.6 Å². The van der Waals surface area contributed by atoms with Crippen LogP contribution in [0, 0.1) is 13.3 Å². The molecule has 0 aliphatic heterocycles. The molecular weight excluding hydrogens is 508 g/mol. The van der Waals surface area contributed by atoms with E-state index in [0.717, 1.165) is 0 Å². The van der Waals surface area contributed by atoms with Crippen LogP contribution in [0.1, 0.15) is 0 Å². The molecule has 0 aliphatic carbocycles. The Morgan fingerprint density at radius 3 is 1.29 bits per heavy atom. The van der Waals surface area contributed by atoms with Crippen molar-refractivity contribution in [3.63, 3.8) is 0 Å². The van der Waals surface area contributed by atoms with Crippen LogP contribution in [0.4, 0.5) is 0 Å². The second-order valence-corrected chi connectivity index (χ2v) is 17.2. The SMILES string of the molecule is CP(C)CC[PH+](CC[PH+](C)C)CC[PH+](C)C.[C-]#[O+].[C-]#[O+].[W]. The van der Waals surface area contributed by atoms with Gasteiger partial charge in [-0.2, -0.15) is 0 Å². The van der Waals surface area contributed by atoms with Crippen LogP contribution in [-0.4, -0.2) is 77.0 Å². The summed E-state index contributed by atoms with van der Waals surface area (Å²) in [6, 6.07) is 0. The summed E-state index contributed by atoms with van der Waals surface area (Å²) in [5.74, 6) is 0. The van der Waals surface area contributed by atoms with E-state index in [9.17, 15) is 0 Å². The van der Waals surface area contributed by atoms with E-state index in [4.69, 9.17) is 9.30 Å². The maximum absolute atomic E-state index is 7.50. The van der Waals surface area contributed by atoms with E-state index in [2.05, 4.69) is 53.3 Å². The molecule has 0 saturated carbocycles. The molecule has 2 nitrogen and oxygen atoms in total. The minimum absolute atomic E-state index is 0. The molecule has 0 N–H and O–H groups in total. The topological polar surface area (TPSA) is 39.8 Å². The summed E-state index contributed by atoms with van der Waals surface area (Å²) in [5, 5.41) is 0. The van der Waals surface area contributed by atoms with Gasteiger partial charge in [0, 0.05) is 61.8 Å². The Kier molecular flexibility index (Phi) is 35.3. The maximum Gasteiger partial charge on any atom is 0 e. The summed E-state index contributed by atoms with van der Waals surface area (Å²) in [6.45, 7) is 23.8. The second kappa shape index (κ2) is 24.1. The number of rotatable bonds is 9. The molecule has 0 unspecified atom stereocenters. The Hall–Kier alpha value is 1.89. The number of hydrogen-bond acceptors (Lipinski definition) is 0. The standard InChI is InChI=1S/C12H30P4.2CO.W/c1-13(2)7-10-16(11-8-14(3)4)12-9-15(5)6;2*1-2;/h7-12H2,1-6H3;;;/p+3. The normalized spacial score (nSPS) is 9.62. The van der Waals surface area contributed by atoms with Gasteiger partial charge in [0.05, 0.1) is 30.8 Å². The quantitative estimate of drug-likeness (QED) is 0.242. The van der Waals surface area contributed by atoms with E-state index in [-0.39, 0.29) is 44.8 Å². The first-order valence-corrected chi connectivity index (χ1v) is 16.8. The third-order valence-electron chi connectivity index (χ3n) is 2.87. The first kappa shape index (κ1) is 30.7. The maximum atomic E-state index is 7.50. The van der Waals surface area contributed by atoms with Crippen LogP contribution in [0.2, 0.25) is 0 Å². The van der Waals surface area contributed by atoms with Crippen molar-refractivity contribution < 1.29 is 30.4 Å². The van der Waals surface area contributed by atoms with Gasteiger partial charge in [-0.25, -0.2) is 0 Å². The zero-order chi connectivity index (χ0) is 16.6. The molecule has 124 valence electrons. The van der Waals surface area contributed by atoms with Crippen LogP contribution >= 0.6 is 31.7 Å². The Bertz CT molecular complexity index is 199. The van der Waals surface area contributed by atoms with Crippen LogP contribution in [0.3, 0.4) is 0 Å². The van der Waals surface area contributed by atoms with Gasteiger partial charge in [-0.1, -0.05) is 0 Å². The van der Waals surface area contributed by atoms with Gasteiger partial charge in [0.15, 0.2) is 0 Å². The van der Waals surface area contributed by atoms with Gasteiger partial charge in [0.25, 0.3) is 0 Å². The monoisotopic (exact) mass is 541 g/mol. The predicted octanol–water partition coefficient (Wildman–Crippen LogP) is 3.81. The molecule has 0 aliphatic rings. The molecule has 0 saturated heterocycles. The zero-order valence-corrected chi connectivity index (χ0v) is 21.2. The van der Waals surface area contributed by atoms with Gasteiger partial charge in [-0.15, -0.1) is 7.92 Å². The van der Waals surface area contributed by atoms with Crippen molar-refractivity contribution in [3.05, 3.63) is 13.3 Å². The molecule has 0 rings (SSSR count). The first-order chi connectivity index (χ1) is 9.41. The smallest absolute Gasteiger partial charge is 0 e. The van der Waals surface area contributed by atoms with Crippen LogP contribution < -0.4 is 0 Å². The van der Waals surface area contributed by atoms with Crippen LogP contribution in [0.5, 0.6) is 0 Å². The molecule has 0 spiro atoms. The molecule has 0 amide bonds. The van der Waals surface area contributed by atoms with Gasteiger partial charge in [0.2, 0.25) is 0 Å². The third kappa shape index (κ3) is 30.4. The number of hydrogen-bond donors (Lipinski definition) is 0. The van der Waals surface area contributed by atoms with Crippen molar-refractivity contribution in [1.82, 2.24) is 0 Å². The van der Waals surface area contributed by atoms with Crippen molar-refractivity contribution in [2.75, 3.05) is 77.0 Å². The minimum atomic E-state index is 0. The third-order valence-corrected chi connectivity index (χ3v) is 10.8. The first-order valence-electron chi connectivity index (χ1n) is 6.89. The molecule has 0 atom stereocenters. The summed E-state index contributed by atoms with van der Waals surface area (Å²) >= 11 is 0. The van der Waals surface area contributed by atoms with Crippen molar-refractivity contribution in [1.29, 1.82) is 0 Å². The van der Waals surface area contributed by atoms with E-state index in [1.54, 1.807) is 37.0 Å². The average molecular weight is 541 g/mol. The molecule has 0 aromatic carbocycles. The van der Waals surface area contributed by atoms with Crippen molar-refractivity contribution >= 4 is 31.7 Å². The van der Waals surface area contributed by atoms with Crippen molar-refractivity contribution in [2.45, 2.75) is 0 Å². The molecule has 21 heavy (non-hydrogen) atoms. The fourth-order valence-corrected chi connectivity index (χ4v) is 12.2. The fraction of sp³-hybridized carbons (Fsp3) is 0.857. The molecule has 7 heteroatoms. The zero-order valence-electron chi connectivity index (χ0n) is 14.4. The van der Waals surface area contributed by atoms with Crippen LogP contribution in [0.15, 0.2) is 0 Å². The van der Waals surface area contributed by atoms with Crippen molar-refractivity contribution in [3.8, 4) is 0 Å². The van der Waals surface area contributed by atoms with E-state index in [1.807, 2.05) is 0 Å². The van der Waals surface area contributed by atoms with Crippen LogP contribution in [-0.2, 0) is 30.4 Å². The Morgan fingerprint density at radius 2 is 1.05 bits per heavy atom. The summed E-state index contributed by atoms with van der Waals surface area (Å²) in [7, 11) is 0.461. The molecule has 0 bridgehead atoms. The van der Waals surface area contributed by atoms with E-state index in [1.165, 1.54) is 0 Å². The summed E-state index contributed by atoms with van der Waals surface area (Å²) < 4.78 is 15.0. The van der Waals surface area contributed by atoms with Gasteiger partial charge < -0.3 is 0 Å². The molecular formula is C14H33O2P4W+3. The Balaban J connectivity index is -0.000000264. The largest absolute Gasteiger partial charge is 0 e. The van der Waals surface area contributed by atoms with Gasteiger partial charge in [-0.3, -0.25) is 0 Å². The molecule has 0 radical (unpaired) electrons. The summed E-state index contributed by atoms with van der Waals surface area (Å²) in [5.41, 5.74) is 0. The van der Waals surface area contributed by atoms with Crippen molar-refractivity contribution in [2.24, 2.45) is 0 Å². The van der Waals surface area contributed by atoms with Gasteiger partial charge in [-0.05, 0) is 29.2 Å². The Labute approximate surface area is 152 Å². The molecule has 0 aromatic rings. The van der Waals surface area contributed by atoms with E-state index < -0.39 is 0 Å². The Morgan fingerprint density at radius 1 is 0.714 bits per heavy atom. The average Bonchev–Trinajstić information content (AvgIpc) is 2.41. The van der Waals surface area contributed by atoms with Gasteiger partial charge in [0.1, 0.15) is 0 Å². The minimum Gasteiger partial charge on any atom is 0 e. The molecule has 0 aromatic heterocycles. The summed E-state index contributed by atoms with van der Waals surface area (Å²) in [6.07, 6.45) is 9.59. The second-order valence-electron chi connectivity index (χ2n) is 5.72. The predicted molar refractivity (Wildman–Crippen MR) is 104 cm³/mol. The molecule has 0 fully saturated rings. The van der Waals surface area contributed by atoms with E-state index in [0.29, 0.717) is 7.92 Å². The fourth-order valence-electron chi connectivity index (χ4n) is 1.61. The molecule has 0 heterocycles. The van der Waals surface area contributed by atoms with Crippen LogP contribution in [0.25, 0.3) is 0 Å².